The van der Waals surface area contributed by atoms with Gasteiger partial charge in [-0.15, -0.1) is 0 Å². The van der Waals surface area contributed by atoms with Crippen LogP contribution in [-0.2, 0) is 23.4 Å². The van der Waals surface area contributed by atoms with Crippen LogP contribution in [0.1, 0.15) is 33.4 Å². The predicted octanol–water partition coefficient (Wildman–Crippen LogP) is 1.66. The van der Waals surface area contributed by atoms with Crippen molar-refractivity contribution in [1.82, 2.24) is 14.6 Å². The summed E-state index contributed by atoms with van der Waals surface area (Å²) in [5, 5.41) is 13.0. The number of rotatable bonds is 11. The molecule has 14 heteroatoms. The minimum atomic E-state index is -4.29. The van der Waals surface area contributed by atoms with E-state index in [4.69, 9.17) is 18.5 Å². The van der Waals surface area contributed by atoms with Gasteiger partial charge in [-0.2, -0.15) is 5.09 Å². The van der Waals surface area contributed by atoms with Crippen LogP contribution < -0.4 is 20.9 Å². The number of nitrogens with zero attached hydrogens (tertiary/aromatic N) is 1. The molecule has 1 aliphatic rings. The second-order valence-corrected chi connectivity index (χ2v) is 10.1. The number of hydrogen-bond acceptors (Lipinski definition) is 9. The molecule has 3 N–H and O–H groups in total. The molecule has 1 unspecified atom stereocenters. The fourth-order valence-electron chi connectivity index (χ4n) is 3.46. The maximum absolute atomic E-state index is 15.4. The molecule has 0 saturated carbocycles. The molecule has 1 saturated heterocycles. The van der Waals surface area contributed by atoms with E-state index in [-0.39, 0.29) is 12.4 Å². The molecule has 1 aromatic heterocycles. The molecule has 2 aromatic rings. The molecule has 3 rings (SSSR count). The van der Waals surface area contributed by atoms with E-state index in [2.05, 4.69) is 5.09 Å². The zero-order valence-electron chi connectivity index (χ0n) is 20.0. The van der Waals surface area contributed by atoms with E-state index in [0.29, 0.717) is 6.42 Å². The van der Waals surface area contributed by atoms with Crippen LogP contribution in [0.4, 0.5) is 4.39 Å². The number of para-hydroxylation sites is 1. The maximum Gasteiger partial charge on any atom is 0.459 e. The zero-order valence-corrected chi connectivity index (χ0v) is 20.9. The van der Waals surface area contributed by atoms with E-state index in [9.17, 15) is 24.1 Å². The summed E-state index contributed by atoms with van der Waals surface area (Å²) in [5.41, 5.74) is -4.11. The Bertz CT molecular complexity index is 1200. The van der Waals surface area contributed by atoms with Crippen molar-refractivity contribution < 1.29 is 37.4 Å². The topological polar surface area (TPSA) is 158 Å². The van der Waals surface area contributed by atoms with Gasteiger partial charge in [0.2, 0.25) is 0 Å². The van der Waals surface area contributed by atoms with Crippen molar-refractivity contribution in [2.45, 2.75) is 57.3 Å². The number of benzene rings is 1. The standard InChI is InChI=1S/C22H29FN3O9P/c1-4-12-32-19(29)14(2)25-36(31,35-15-8-6-5-7-9-15)33-13-16-18(28)22(3,23)20(34-16)26-11-10-17(27)24-21(26)30/h5-11,14,16,18,20,28H,4,12-13H2,1-3H3,(H,25,31)(H,24,27,30)/t14-,16?,18+,20+,22+,36+/m0/s1. The summed E-state index contributed by atoms with van der Waals surface area (Å²) < 4.78 is 51.3. The van der Waals surface area contributed by atoms with Crippen LogP contribution in [-0.4, -0.2) is 57.8 Å². The highest BCUT2D eigenvalue weighted by Crippen LogP contribution is 2.47. The number of aliphatic hydroxyl groups excluding tert-OH is 1. The number of halogens is 1. The van der Waals surface area contributed by atoms with E-state index in [1.807, 2.05) is 11.9 Å². The minimum absolute atomic E-state index is 0.156. The summed E-state index contributed by atoms with van der Waals surface area (Å²) in [7, 11) is -4.29. The Morgan fingerprint density at radius 2 is 2.03 bits per heavy atom. The zero-order chi connectivity index (χ0) is 26.5. The Morgan fingerprint density at radius 1 is 1.33 bits per heavy atom. The second kappa shape index (κ2) is 11.5. The lowest BCUT2D eigenvalue weighted by Crippen LogP contribution is -2.43. The molecule has 1 aliphatic heterocycles. The first kappa shape index (κ1) is 27.8. The van der Waals surface area contributed by atoms with Crippen molar-refractivity contribution in [3.05, 3.63) is 63.4 Å². The molecular weight excluding hydrogens is 500 g/mol. The fraction of sp³-hybridized carbons (Fsp3) is 0.500. The van der Waals surface area contributed by atoms with Crippen molar-refractivity contribution in [2.75, 3.05) is 13.2 Å². The van der Waals surface area contributed by atoms with E-state index in [0.717, 1.165) is 23.8 Å². The first-order valence-corrected chi connectivity index (χ1v) is 12.8. The molecule has 36 heavy (non-hydrogen) atoms. The first-order valence-electron chi connectivity index (χ1n) is 11.2. The molecule has 2 heterocycles. The van der Waals surface area contributed by atoms with Crippen molar-refractivity contribution >= 4 is 13.7 Å². The normalized spacial score (nSPS) is 26.2. The van der Waals surface area contributed by atoms with E-state index >= 15 is 4.39 Å². The van der Waals surface area contributed by atoms with Crippen molar-refractivity contribution in [1.29, 1.82) is 0 Å². The molecule has 0 spiro atoms. The average Bonchev–Trinajstić information content (AvgIpc) is 3.05. The summed E-state index contributed by atoms with van der Waals surface area (Å²) in [6, 6.07) is 7.89. The molecular formula is C22H29FN3O9P. The van der Waals surface area contributed by atoms with Gasteiger partial charge in [-0.25, -0.2) is 13.8 Å². The molecule has 0 bridgehead atoms. The third-order valence-electron chi connectivity index (χ3n) is 5.35. The SMILES string of the molecule is CCCOC(=O)[C@H](C)N[P@@](=O)(OCC1O[C@@H](n2ccc(=O)[nH]c2=O)[C@](C)(F)[C@@H]1O)Oc1ccccc1. The van der Waals surface area contributed by atoms with Gasteiger partial charge in [0.15, 0.2) is 11.9 Å². The number of hydrogen-bond donors (Lipinski definition) is 3. The molecule has 1 fully saturated rings. The lowest BCUT2D eigenvalue weighted by Gasteiger charge is -2.25. The van der Waals surface area contributed by atoms with Crippen molar-refractivity contribution in [3.8, 4) is 5.75 Å². The number of nitrogens with one attached hydrogen (secondary N) is 2. The van der Waals surface area contributed by atoms with Gasteiger partial charge >= 0.3 is 19.4 Å². The molecule has 0 amide bonds. The predicted molar refractivity (Wildman–Crippen MR) is 125 cm³/mol. The maximum atomic E-state index is 15.4. The summed E-state index contributed by atoms with van der Waals surface area (Å²) in [6.07, 6.45) is -3.19. The lowest BCUT2D eigenvalue weighted by molar-refractivity contribution is -0.145. The quantitative estimate of drug-likeness (QED) is 0.289. The number of carbonyl (C=O) groups excluding carboxylic acids is 1. The highest BCUT2D eigenvalue weighted by molar-refractivity contribution is 7.52. The van der Waals surface area contributed by atoms with Gasteiger partial charge in [-0.1, -0.05) is 25.1 Å². The number of aromatic amines is 1. The van der Waals surface area contributed by atoms with Gasteiger partial charge in [-0.3, -0.25) is 23.7 Å². The third-order valence-corrected chi connectivity index (χ3v) is 7.00. The summed E-state index contributed by atoms with van der Waals surface area (Å²) in [5.74, 6) is -0.535. The molecule has 0 aliphatic carbocycles. The Morgan fingerprint density at radius 3 is 2.67 bits per heavy atom. The molecule has 198 valence electrons. The van der Waals surface area contributed by atoms with Gasteiger partial charge in [0.05, 0.1) is 13.2 Å². The second-order valence-electron chi connectivity index (χ2n) is 8.36. The van der Waals surface area contributed by atoms with E-state index in [1.54, 1.807) is 18.2 Å². The lowest BCUT2D eigenvalue weighted by atomic mass is 9.98. The molecule has 1 aromatic carbocycles. The van der Waals surface area contributed by atoms with Crippen molar-refractivity contribution in [2.24, 2.45) is 0 Å². The summed E-state index contributed by atoms with van der Waals surface area (Å²) in [4.78, 5) is 37.7. The molecule has 12 nitrogen and oxygen atoms in total. The number of carbonyl (C=O) groups is 1. The van der Waals surface area contributed by atoms with Gasteiger partial charge in [0.1, 0.15) is 24.0 Å². The number of alkyl halides is 1. The van der Waals surface area contributed by atoms with Gasteiger partial charge in [0.25, 0.3) is 5.56 Å². The number of ether oxygens (including phenoxy) is 2. The van der Waals surface area contributed by atoms with Crippen LogP contribution in [0.3, 0.4) is 0 Å². The largest absolute Gasteiger partial charge is 0.465 e. The molecule has 6 atom stereocenters. The average molecular weight is 529 g/mol. The van der Waals surface area contributed by atoms with Crippen LogP contribution in [0.2, 0.25) is 0 Å². The fourth-order valence-corrected chi connectivity index (χ4v) is 4.96. The number of aromatic nitrogens is 2. The smallest absolute Gasteiger partial charge is 0.459 e. The van der Waals surface area contributed by atoms with Gasteiger partial charge in [-0.05, 0) is 32.4 Å². The van der Waals surface area contributed by atoms with Crippen LogP contribution in [0.15, 0.2) is 52.2 Å². The monoisotopic (exact) mass is 529 g/mol. The number of H-pyrrole nitrogens is 1. The van der Waals surface area contributed by atoms with E-state index < -0.39 is 61.7 Å². The number of aliphatic hydroxyl groups is 1. The highest BCUT2D eigenvalue weighted by Gasteiger charge is 2.55. The first-order chi connectivity index (χ1) is 17.0. The Kier molecular flexibility index (Phi) is 8.85. The van der Waals surface area contributed by atoms with Crippen LogP contribution in [0, 0.1) is 0 Å². The van der Waals surface area contributed by atoms with Crippen LogP contribution >= 0.6 is 7.75 Å². The Hall–Kier alpha value is -2.83. The minimum Gasteiger partial charge on any atom is -0.465 e. The van der Waals surface area contributed by atoms with E-state index in [1.165, 1.54) is 19.1 Å². The summed E-state index contributed by atoms with van der Waals surface area (Å²) in [6.45, 7) is 3.77. The Labute approximate surface area is 205 Å². The van der Waals surface area contributed by atoms with Gasteiger partial charge in [0, 0.05) is 12.3 Å². The molecule has 0 radical (unpaired) electrons. The summed E-state index contributed by atoms with van der Waals surface area (Å²) >= 11 is 0. The van der Waals surface area contributed by atoms with Gasteiger partial charge < -0.3 is 19.1 Å². The van der Waals surface area contributed by atoms with Crippen LogP contribution in [0.25, 0.3) is 0 Å². The third kappa shape index (κ3) is 6.48. The van der Waals surface area contributed by atoms with Crippen molar-refractivity contribution in [3.63, 3.8) is 0 Å². The van der Waals surface area contributed by atoms with Crippen LogP contribution in [0.5, 0.6) is 5.75 Å². The number of esters is 1. The Balaban J connectivity index is 1.78. The highest BCUT2D eigenvalue weighted by atomic mass is 31.2.